The predicted octanol–water partition coefficient (Wildman–Crippen LogP) is 3.84. The third-order valence-electron chi connectivity index (χ3n) is 5.15. The van der Waals surface area contributed by atoms with Gasteiger partial charge < -0.3 is 10.2 Å². The molecule has 1 saturated heterocycles. The molecule has 27 heavy (non-hydrogen) atoms. The Morgan fingerprint density at radius 3 is 3.00 bits per heavy atom. The van der Waals surface area contributed by atoms with E-state index in [4.69, 9.17) is 9.97 Å². The van der Waals surface area contributed by atoms with Gasteiger partial charge in [0.25, 0.3) is 0 Å². The van der Waals surface area contributed by atoms with E-state index >= 15 is 0 Å². The monoisotopic (exact) mass is 380 g/mol. The molecule has 6 heteroatoms. The largest absolute Gasteiger partial charge is 0.352 e. The number of nitrogens with zero attached hydrogens (tertiary/aromatic N) is 3. The lowest BCUT2D eigenvalue weighted by molar-refractivity contribution is -0.125. The third kappa shape index (κ3) is 3.95. The highest BCUT2D eigenvalue weighted by Gasteiger charge is 2.27. The summed E-state index contributed by atoms with van der Waals surface area (Å²) in [5.41, 5.74) is 4.31. The first-order valence-electron chi connectivity index (χ1n) is 9.39. The summed E-state index contributed by atoms with van der Waals surface area (Å²) in [5.74, 6) is 0.842. The van der Waals surface area contributed by atoms with Crippen LogP contribution in [-0.2, 0) is 11.3 Å². The van der Waals surface area contributed by atoms with E-state index in [1.54, 1.807) is 11.3 Å². The first-order valence-corrected chi connectivity index (χ1v) is 10.3. The van der Waals surface area contributed by atoms with Crippen molar-refractivity contribution in [2.75, 3.05) is 18.0 Å². The van der Waals surface area contributed by atoms with Crippen molar-refractivity contribution in [3.8, 4) is 0 Å². The van der Waals surface area contributed by atoms with Gasteiger partial charge in [-0.1, -0.05) is 12.1 Å². The zero-order valence-corrected chi connectivity index (χ0v) is 16.6. The molecule has 0 radical (unpaired) electrons. The van der Waals surface area contributed by atoms with Gasteiger partial charge in [-0.15, -0.1) is 0 Å². The zero-order chi connectivity index (χ0) is 18.8. The Labute approximate surface area is 163 Å². The summed E-state index contributed by atoms with van der Waals surface area (Å²) in [7, 11) is 0. The Morgan fingerprint density at radius 2 is 2.19 bits per heavy atom. The van der Waals surface area contributed by atoms with E-state index < -0.39 is 0 Å². The number of hydrogen-bond acceptors (Lipinski definition) is 5. The molecule has 1 fully saturated rings. The molecule has 2 aromatic heterocycles. The normalized spacial score (nSPS) is 17.3. The summed E-state index contributed by atoms with van der Waals surface area (Å²) < 4.78 is 0. The molecule has 1 aliphatic heterocycles. The maximum atomic E-state index is 12.6. The van der Waals surface area contributed by atoms with E-state index in [-0.39, 0.29) is 11.8 Å². The zero-order valence-electron chi connectivity index (χ0n) is 15.7. The molecule has 0 saturated carbocycles. The molecule has 1 aromatic carbocycles. The van der Waals surface area contributed by atoms with Crippen LogP contribution in [0.4, 0.5) is 5.95 Å². The lowest BCUT2D eigenvalue weighted by Crippen LogP contribution is -2.43. The van der Waals surface area contributed by atoms with Gasteiger partial charge in [0.05, 0.1) is 17.1 Å². The van der Waals surface area contributed by atoms with Crippen molar-refractivity contribution in [1.82, 2.24) is 15.3 Å². The molecular formula is C21H24N4OS. The maximum absolute atomic E-state index is 12.6. The van der Waals surface area contributed by atoms with Crippen LogP contribution in [0.25, 0.3) is 10.9 Å². The fourth-order valence-electron chi connectivity index (χ4n) is 3.62. The Hall–Kier alpha value is -2.47. The maximum Gasteiger partial charge on any atom is 0.226 e. The van der Waals surface area contributed by atoms with Crippen molar-refractivity contribution in [3.63, 3.8) is 0 Å². The SMILES string of the molecule is Cc1ccc2c(C)nc(N3CCC[C@H](C(=O)NCc4ccsc4)C3)nc2c1. The number of anilines is 1. The van der Waals surface area contributed by atoms with Crippen molar-refractivity contribution in [3.05, 3.63) is 51.8 Å². The topological polar surface area (TPSA) is 58.1 Å². The Kier molecular flexibility index (Phi) is 5.07. The minimum Gasteiger partial charge on any atom is -0.352 e. The number of amides is 1. The van der Waals surface area contributed by atoms with Crippen LogP contribution in [0.1, 0.15) is 29.7 Å². The van der Waals surface area contributed by atoms with Gasteiger partial charge in [-0.3, -0.25) is 4.79 Å². The highest BCUT2D eigenvalue weighted by Crippen LogP contribution is 2.24. The van der Waals surface area contributed by atoms with E-state index in [1.807, 2.05) is 18.4 Å². The van der Waals surface area contributed by atoms with Crippen molar-refractivity contribution in [2.24, 2.45) is 5.92 Å². The van der Waals surface area contributed by atoms with Gasteiger partial charge in [0.1, 0.15) is 0 Å². The molecule has 0 spiro atoms. The quantitative estimate of drug-likeness (QED) is 0.747. The van der Waals surface area contributed by atoms with E-state index in [2.05, 4.69) is 40.7 Å². The number of carbonyl (C=O) groups excluding carboxylic acids is 1. The van der Waals surface area contributed by atoms with Gasteiger partial charge in [0, 0.05) is 25.0 Å². The number of aromatic nitrogens is 2. The van der Waals surface area contributed by atoms with Crippen molar-refractivity contribution >= 4 is 34.1 Å². The number of piperidine rings is 1. The second kappa shape index (κ2) is 7.64. The number of nitrogens with one attached hydrogen (secondary N) is 1. The van der Waals surface area contributed by atoms with Gasteiger partial charge in [-0.05, 0) is 60.7 Å². The van der Waals surface area contributed by atoms with Gasteiger partial charge in [0.2, 0.25) is 11.9 Å². The van der Waals surface area contributed by atoms with Gasteiger partial charge in [0.15, 0.2) is 0 Å². The average molecular weight is 381 g/mol. The summed E-state index contributed by atoms with van der Waals surface area (Å²) >= 11 is 1.65. The minimum absolute atomic E-state index is 0.0190. The van der Waals surface area contributed by atoms with Crippen LogP contribution in [0.5, 0.6) is 0 Å². The van der Waals surface area contributed by atoms with Crippen LogP contribution in [-0.4, -0.2) is 29.0 Å². The standard InChI is InChI=1S/C21H24N4OS/c1-14-5-6-18-15(2)23-21(24-19(18)10-14)25-8-3-4-17(12-25)20(26)22-11-16-7-9-27-13-16/h5-7,9-10,13,17H,3-4,8,11-12H2,1-2H3,(H,22,26)/t17-/m0/s1. The van der Waals surface area contributed by atoms with Crippen molar-refractivity contribution in [1.29, 1.82) is 0 Å². The Balaban J connectivity index is 1.49. The van der Waals surface area contributed by atoms with E-state index in [0.29, 0.717) is 13.1 Å². The average Bonchev–Trinajstić information content (AvgIpc) is 3.19. The van der Waals surface area contributed by atoms with E-state index in [9.17, 15) is 4.79 Å². The molecule has 4 rings (SSSR count). The number of fused-ring (bicyclic) bond motifs is 1. The van der Waals surface area contributed by atoms with Crippen LogP contribution in [0.15, 0.2) is 35.0 Å². The minimum atomic E-state index is -0.0190. The van der Waals surface area contributed by atoms with Crippen LogP contribution in [0.3, 0.4) is 0 Å². The number of rotatable bonds is 4. The van der Waals surface area contributed by atoms with Crippen LogP contribution in [0, 0.1) is 19.8 Å². The van der Waals surface area contributed by atoms with Gasteiger partial charge in [-0.25, -0.2) is 9.97 Å². The van der Waals surface area contributed by atoms with Crippen LogP contribution >= 0.6 is 11.3 Å². The summed E-state index contributed by atoms with van der Waals surface area (Å²) in [6.45, 7) is 6.27. The summed E-state index contributed by atoms with van der Waals surface area (Å²) in [6, 6.07) is 8.32. The smallest absolute Gasteiger partial charge is 0.226 e. The third-order valence-corrected chi connectivity index (χ3v) is 5.89. The lowest BCUT2D eigenvalue weighted by atomic mass is 9.97. The molecule has 0 aliphatic carbocycles. The van der Waals surface area contributed by atoms with E-state index in [1.165, 1.54) is 5.56 Å². The predicted molar refractivity (Wildman–Crippen MR) is 110 cm³/mol. The number of carbonyl (C=O) groups is 1. The van der Waals surface area contributed by atoms with Crippen molar-refractivity contribution in [2.45, 2.75) is 33.2 Å². The number of hydrogen-bond donors (Lipinski definition) is 1. The Bertz CT molecular complexity index is 954. The first-order chi connectivity index (χ1) is 13.1. The number of benzene rings is 1. The molecule has 1 N–H and O–H groups in total. The molecule has 3 heterocycles. The molecule has 1 atom stereocenters. The molecule has 0 bridgehead atoms. The molecular weight excluding hydrogens is 356 g/mol. The number of thiophene rings is 1. The molecule has 3 aromatic rings. The van der Waals surface area contributed by atoms with Crippen LogP contribution in [0.2, 0.25) is 0 Å². The lowest BCUT2D eigenvalue weighted by Gasteiger charge is -2.32. The number of aryl methyl sites for hydroxylation is 2. The second-order valence-electron chi connectivity index (χ2n) is 7.26. The highest BCUT2D eigenvalue weighted by atomic mass is 32.1. The molecule has 1 aliphatic rings. The molecule has 0 unspecified atom stereocenters. The highest BCUT2D eigenvalue weighted by molar-refractivity contribution is 7.07. The Morgan fingerprint density at radius 1 is 1.30 bits per heavy atom. The first kappa shape index (κ1) is 17.9. The summed E-state index contributed by atoms with van der Waals surface area (Å²) in [4.78, 5) is 24.3. The molecule has 140 valence electrons. The van der Waals surface area contributed by atoms with Gasteiger partial charge in [-0.2, -0.15) is 11.3 Å². The fraction of sp³-hybridized carbons (Fsp3) is 0.381. The fourth-order valence-corrected chi connectivity index (χ4v) is 4.29. The summed E-state index contributed by atoms with van der Waals surface area (Å²) in [6.07, 6.45) is 1.89. The van der Waals surface area contributed by atoms with Crippen LogP contribution < -0.4 is 10.2 Å². The second-order valence-corrected chi connectivity index (χ2v) is 8.04. The van der Waals surface area contributed by atoms with Gasteiger partial charge >= 0.3 is 0 Å². The molecule has 5 nitrogen and oxygen atoms in total. The van der Waals surface area contributed by atoms with Crippen molar-refractivity contribution < 1.29 is 4.79 Å². The van der Waals surface area contributed by atoms with E-state index in [0.717, 1.165) is 47.5 Å². The summed E-state index contributed by atoms with van der Waals surface area (Å²) in [5, 5.41) is 8.27. The molecule has 1 amide bonds.